The van der Waals surface area contributed by atoms with Gasteiger partial charge in [0.2, 0.25) is 0 Å². The molecule has 0 aromatic heterocycles. The van der Waals surface area contributed by atoms with Crippen molar-refractivity contribution in [3.63, 3.8) is 0 Å². The molecule has 3 aromatic rings. The van der Waals surface area contributed by atoms with Crippen molar-refractivity contribution >= 4 is 17.6 Å². The van der Waals surface area contributed by atoms with Gasteiger partial charge in [0.15, 0.2) is 0 Å². The second-order valence-corrected chi connectivity index (χ2v) is 9.35. The maximum atomic E-state index is 12.5. The fraction of sp³-hybridized carbons (Fsp3) is 0.276. The van der Waals surface area contributed by atoms with Crippen LogP contribution in [-0.4, -0.2) is 18.5 Å². The first-order valence-corrected chi connectivity index (χ1v) is 11.7. The van der Waals surface area contributed by atoms with E-state index in [1.807, 2.05) is 75.4 Å². The molecule has 172 valence electrons. The Labute approximate surface area is 202 Å². The van der Waals surface area contributed by atoms with Crippen LogP contribution in [0.4, 0.5) is 0 Å². The van der Waals surface area contributed by atoms with E-state index in [0.29, 0.717) is 18.2 Å². The van der Waals surface area contributed by atoms with Gasteiger partial charge in [0.25, 0.3) is 0 Å². The van der Waals surface area contributed by atoms with Crippen molar-refractivity contribution in [1.29, 1.82) is 0 Å². The number of benzene rings is 3. The Bertz CT molecular complexity index is 1050. The van der Waals surface area contributed by atoms with Gasteiger partial charge in [-0.1, -0.05) is 60.7 Å². The summed E-state index contributed by atoms with van der Waals surface area (Å²) in [5.74, 6) is 1.49. The molecule has 0 heterocycles. The minimum absolute atomic E-state index is 0.0226. The molecule has 0 bridgehead atoms. The molecule has 4 heteroatoms. The van der Waals surface area contributed by atoms with Crippen LogP contribution in [0, 0.1) is 5.41 Å². The Kier molecular flexibility index (Phi) is 8.35. The van der Waals surface area contributed by atoms with Crippen molar-refractivity contribution in [3.05, 3.63) is 108 Å². The molecular formula is C29H31ClO3. The van der Waals surface area contributed by atoms with Gasteiger partial charge in [-0.05, 0) is 61.7 Å². The van der Waals surface area contributed by atoms with Crippen LogP contribution in [0.1, 0.15) is 49.3 Å². The van der Waals surface area contributed by atoms with Crippen molar-refractivity contribution < 1.29 is 14.3 Å². The normalized spacial score (nSPS) is 13.1. The number of rotatable bonds is 9. The largest absolute Gasteiger partial charge is 0.492 e. The highest BCUT2D eigenvalue weighted by molar-refractivity contribution is 6.18. The first kappa shape index (κ1) is 24.6. The smallest absolute Gasteiger partial charge is 0.316 e. The second-order valence-electron chi connectivity index (χ2n) is 8.97. The number of esters is 1. The number of hydrogen-bond donors (Lipinski definition) is 0. The van der Waals surface area contributed by atoms with Crippen LogP contribution in [-0.2, 0) is 4.79 Å². The van der Waals surface area contributed by atoms with Crippen molar-refractivity contribution in [3.8, 4) is 11.5 Å². The summed E-state index contributed by atoms with van der Waals surface area (Å²) in [6, 6.07) is 26.1. The summed E-state index contributed by atoms with van der Waals surface area (Å²) in [4.78, 5) is 12.5. The highest BCUT2D eigenvalue weighted by Crippen LogP contribution is 2.40. The number of ether oxygens (including phenoxy) is 2. The molecule has 2 atom stereocenters. The second kappa shape index (κ2) is 11.2. The van der Waals surface area contributed by atoms with Crippen molar-refractivity contribution in [2.75, 3.05) is 12.5 Å². The van der Waals surface area contributed by atoms with E-state index < -0.39 is 5.41 Å². The first-order valence-electron chi connectivity index (χ1n) is 11.1. The highest BCUT2D eigenvalue weighted by atomic mass is 35.5. The fourth-order valence-electron chi connectivity index (χ4n) is 3.71. The van der Waals surface area contributed by atoms with E-state index in [-0.39, 0.29) is 17.8 Å². The predicted molar refractivity (Wildman–Crippen MR) is 135 cm³/mol. The van der Waals surface area contributed by atoms with Crippen LogP contribution in [0.5, 0.6) is 11.5 Å². The van der Waals surface area contributed by atoms with Gasteiger partial charge in [0.05, 0.1) is 11.3 Å². The third-order valence-electron chi connectivity index (χ3n) is 5.42. The molecule has 0 aliphatic heterocycles. The SMILES string of the molecule is C=C[C@H](c1ccccc1)[C@H](c1ccc(OCCCl)cc1)c1cccc(OC(=O)C(C)(C)C)c1. The summed E-state index contributed by atoms with van der Waals surface area (Å²) >= 11 is 5.75. The van der Waals surface area contributed by atoms with E-state index in [2.05, 4.69) is 36.9 Å². The fourth-order valence-corrected chi connectivity index (χ4v) is 3.78. The van der Waals surface area contributed by atoms with Crippen LogP contribution in [0.15, 0.2) is 91.5 Å². The van der Waals surface area contributed by atoms with Gasteiger partial charge in [-0.3, -0.25) is 4.79 Å². The van der Waals surface area contributed by atoms with E-state index in [4.69, 9.17) is 21.1 Å². The molecule has 3 rings (SSSR count). The summed E-state index contributed by atoms with van der Waals surface area (Å²) in [5, 5.41) is 0. The lowest BCUT2D eigenvalue weighted by atomic mass is 9.77. The van der Waals surface area contributed by atoms with E-state index >= 15 is 0 Å². The van der Waals surface area contributed by atoms with Crippen molar-refractivity contribution in [1.82, 2.24) is 0 Å². The number of allylic oxidation sites excluding steroid dienone is 1. The topological polar surface area (TPSA) is 35.5 Å². The van der Waals surface area contributed by atoms with Gasteiger partial charge < -0.3 is 9.47 Å². The van der Waals surface area contributed by atoms with Gasteiger partial charge in [-0.25, -0.2) is 0 Å². The lowest BCUT2D eigenvalue weighted by Crippen LogP contribution is -2.25. The molecule has 3 nitrogen and oxygen atoms in total. The standard InChI is InChI=1S/C29H31ClO3/c1-5-26(21-10-7-6-8-11-21)27(22-14-16-24(17-15-22)32-19-18-30)23-12-9-13-25(20-23)33-28(31)29(2,3)4/h5-17,20,26-27H,1,18-19H2,2-4H3/t26-,27-/m1/s1. The number of halogens is 1. The molecule has 0 N–H and O–H groups in total. The van der Waals surface area contributed by atoms with Gasteiger partial charge in [-0.15, -0.1) is 18.2 Å². The van der Waals surface area contributed by atoms with E-state index in [1.54, 1.807) is 0 Å². The average Bonchev–Trinajstić information content (AvgIpc) is 2.81. The number of carbonyl (C=O) groups is 1. The molecule has 0 amide bonds. The van der Waals surface area contributed by atoms with Gasteiger partial charge in [0.1, 0.15) is 18.1 Å². The maximum absolute atomic E-state index is 12.5. The molecule has 0 saturated carbocycles. The van der Waals surface area contributed by atoms with Crippen LogP contribution < -0.4 is 9.47 Å². The van der Waals surface area contributed by atoms with E-state index in [9.17, 15) is 4.79 Å². The molecule has 33 heavy (non-hydrogen) atoms. The Morgan fingerprint density at radius 2 is 1.58 bits per heavy atom. The number of carbonyl (C=O) groups excluding carboxylic acids is 1. The van der Waals surface area contributed by atoms with Gasteiger partial charge >= 0.3 is 5.97 Å². The molecule has 0 radical (unpaired) electrons. The minimum Gasteiger partial charge on any atom is -0.492 e. The lowest BCUT2D eigenvalue weighted by molar-refractivity contribution is -0.143. The third kappa shape index (κ3) is 6.49. The van der Waals surface area contributed by atoms with Crippen LogP contribution in [0.2, 0.25) is 0 Å². The Morgan fingerprint density at radius 3 is 2.18 bits per heavy atom. The molecule has 0 spiro atoms. The number of hydrogen-bond acceptors (Lipinski definition) is 3. The Hall–Kier alpha value is -3.04. The van der Waals surface area contributed by atoms with Gasteiger partial charge in [0, 0.05) is 11.8 Å². The molecule has 0 unspecified atom stereocenters. The highest BCUT2D eigenvalue weighted by Gasteiger charge is 2.27. The minimum atomic E-state index is -0.581. The summed E-state index contributed by atoms with van der Waals surface area (Å²) in [7, 11) is 0. The Morgan fingerprint density at radius 1 is 0.909 bits per heavy atom. The molecule has 0 saturated heterocycles. The molecular weight excluding hydrogens is 432 g/mol. The maximum Gasteiger partial charge on any atom is 0.316 e. The van der Waals surface area contributed by atoms with Gasteiger partial charge in [-0.2, -0.15) is 0 Å². The molecule has 0 aliphatic rings. The summed E-state index contributed by atoms with van der Waals surface area (Å²) in [6.07, 6.45) is 1.98. The summed E-state index contributed by atoms with van der Waals surface area (Å²) in [6.45, 7) is 10.1. The third-order valence-corrected chi connectivity index (χ3v) is 5.58. The quantitative estimate of drug-likeness (QED) is 0.144. The van der Waals surface area contributed by atoms with Crippen molar-refractivity contribution in [2.45, 2.75) is 32.6 Å². The molecule has 3 aromatic carbocycles. The Balaban J connectivity index is 2.03. The molecule has 0 fully saturated rings. The van der Waals surface area contributed by atoms with E-state index in [1.165, 1.54) is 0 Å². The zero-order valence-electron chi connectivity index (χ0n) is 19.5. The summed E-state index contributed by atoms with van der Waals surface area (Å²) in [5.41, 5.74) is 2.73. The van der Waals surface area contributed by atoms with Crippen LogP contribution in [0.3, 0.4) is 0 Å². The van der Waals surface area contributed by atoms with E-state index in [0.717, 1.165) is 22.4 Å². The van der Waals surface area contributed by atoms with Crippen LogP contribution in [0.25, 0.3) is 0 Å². The number of alkyl halides is 1. The molecule has 0 aliphatic carbocycles. The monoisotopic (exact) mass is 462 g/mol. The lowest BCUT2D eigenvalue weighted by Gasteiger charge is -2.27. The zero-order chi connectivity index (χ0) is 23.8. The first-order chi connectivity index (χ1) is 15.8. The van der Waals surface area contributed by atoms with Crippen molar-refractivity contribution in [2.24, 2.45) is 5.41 Å². The average molecular weight is 463 g/mol. The summed E-state index contributed by atoms with van der Waals surface area (Å²) < 4.78 is 11.3. The predicted octanol–water partition coefficient (Wildman–Crippen LogP) is 7.36. The van der Waals surface area contributed by atoms with Crippen LogP contribution >= 0.6 is 11.6 Å². The zero-order valence-corrected chi connectivity index (χ0v) is 20.2.